The number of halogens is 1. The maximum atomic E-state index is 13.1. The number of pyridine rings is 1. The van der Waals surface area contributed by atoms with Gasteiger partial charge < -0.3 is 15.2 Å². The first-order chi connectivity index (χ1) is 13.0. The van der Waals surface area contributed by atoms with Gasteiger partial charge in [-0.2, -0.15) is 15.1 Å². The number of nitrogens with zero attached hydrogens (tertiary/aromatic N) is 6. The van der Waals surface area contributed by atoms with Crippen LogP contribution in [0.25, 0.3) is 11.2 Å². The van der Waals surface area contributed by atoms with E-state index in [4.69, 9.17) is 0 Å². The van der Waals surface area contributed by atoms with Crippen LogP contribution in [0.5, 0.6) is 0 Å². The Hall–Kier alpha value is -3.56. The Morgan fingerprint density at radius 3 is 2.78 bits per heavy atom. The summed E-state index contributed by atoms with van der Waals surface area (Å²) in [7, 11) is 1.87. The lowest BCUT2D eigenvalue weighted by Crippen LogP contribution is -2.12. The molecule has 4 aromatic heterocycles. The van der Waals surface area contributed by atoms with E-state index < -0.39 is 0 Å². The third kappa shape index (κ3) is 3.41. The van der Waals surface area contributed by atoms with Crippen molar-refractivity contribution in [3.8, 4) is 0 Å². The van der Waals surface area contributed by atoms with Crippen LogP contribution in [0.3, 0.4) is 0 Å². The van der Waals surface area contributed by atoms with Gasteiger partial charge in [0.25, 0.3) is 0 Å². The molecule has 0 saturated heterocycles. The zero-order valence-electron chi connectivity index (χ0n) is 15.0. The number of hydrogen-bond donors (Lipinski definition) is 3. The van der Waals surface area contributed by atoms with Gasteiger partial charge in [-0.15, -0.1) is 0 Å². The van der Waals surface area contributed by atoms with E-state index in [1.165, 1.54) is 12.3 Å². The van der Waals surface area contributed by atoms with Crippen molar-refractivity contribution in [3.63, 3.8) is 0 Å². The minimum absolute atomic E-state index is 0.216. The maximum Gasteiger partial charge on any atom is 0.227 e. The fraction of sp³-hybridized carbons (Fsp3) is 0.235. The van der Waals surface area contributed by atoms with Crippen molar-refractivity contribution < 1.29 is 4.39 Å². The number of hydrogen-bond acceptors (Lipinski definition) is 7. The van der Waals surface area contributed by atoms with Gasteiger partial charge in [-0.3, -0.25) is 10.1 Å². The van der Waals surface area contributed by atoms with Crippen molar-refractivity contribution >= 4 is 28.7 Å². The van der Waals surface area contributed by atoms with E-state index in [9.17, 15) is 4.39 Å². The van der Waals surface area contributed by atoms with E-state index in [1.54, 1.807) is 12.4 Å². The summed E-state index contributed by atoms with van der Waals surface area (Å²) in [6, 6.07) is 4.66. The topological polar surface area (TPSA) is 109 Å². The molecule has 0 bridgehead atoms. The van der Waals surface area contributed by atoms with Crippen LogP contribution in [0.2, 0.25) is 0 Å². The molecule has 27 heavy (non-hydrogen) atoms. The van der Waals surface area contributed by atoms with Gasteiger partial charge in [0.05, 0.1) is 24.3 Å². The predicted molar refractivity (Wildman–Crippen MR) is 99.1 cm³/mol. The Bertz CT molecular complexity index is 1080. The van der Waals surface area contributed by atoms with E-state index >= 15 is 0 Å². The molecule has 0 fully saturated rings. The molecule has 4 aromatic rings. The zero-order chi connectivity index (χ0) is 19.0. The Morgan fingerprint density at radius 1 is 1.22 bits per heavy atom. The lowest BCUT2D eigenvalue weighted by atomic mass is 10.2. The molecule has 3 N–H and O–H groups in total. The summed E-state index contributed by atoms with van der Waals surface area (Å²) < 4.78 is 14.9. The number of H-pyrrole nitrogens is 1. The monoisotopic (exact) mass is 367 g/mol. The van der Waals surface area contributed by atoms with Crippen LogP contribution >= 0.6 is 0 Å². The second-order valence-electron chi connectivity index (χ2n) is 6.25. The SMILES string of the molecule is Cc1cc(Nc2nc(N[C@@H](C)c3ccc(F)cn3)nc3ncn(C)c23)n[nH]1. The molecule has 0 aliphatic carbocycles. The molecule has 4 rings (SSSR count). The summed E-state index contributed by atoms with van der Waals surface area (Å²) in [4.78, 5) is 17.4. The average Bonchev–Trinajstić information content (AvgIpc) is 3.21. The highest BCUT2D eigenvalue weighted by Gasteiger charge is 2.16. The molecule has 0 unspecified atom stereocenters. The highest BCUT2D eigenvalue weighted by molar-refractivity contribution is 5.86. The second-order valence-corrected chi connectivity index (χ2v) is 6.25. The van der Waals surface area contributed by atoms with Crippen LogP contribution in [-0.2, 0) is 7.05 Å². The van der Waals surface area contributed by atoms with E-state index in [0.29, 0.717) is 28.9 Å². The number of imidazole rings is 1. The van der Waals surface area contributed by atoms with Gasteiger partial charge in [-0.05, 0) is 26.0 Å². The number of aromatic amines is 1. The number of aromatic nitrogens is 7. The molecule has 138 valence electrons. The number of nitrogens with one attached hydrogen (secondary N) is 3. The van der Waals surface area contributed by atoms with Gasteiger partial charge in [0.1, 0.15) is 11.3 Å². The average molecular weight is 367 g/mol. The van der Waals surface area contributed by atoms with Crippen molar-refractivity contribution in [3.05, 3.63) is 47.9 Å². The summed E-state index contributed by atoms with van der Waals surface area (Å²) >= 11 is 0. The summed E-state index contributed by atoms with van der Waals surface area (Å²) in [6.45, 7) is 3.82. The van der Waals surface area contributed by atoms with E-state index in [-0.39, 0.29) is 11.9 Å². The zero-order valence-corrected chi connectivity index (χ0v) is 15.0. The second kappa shape index (κ2) is 6.63. The number of anilines is 3. The quantitative estimate of drug-likeness (QED) is 0.497. The standard InChI is InChI=1S/C17H18FN9/c1-9-6-13(26-25-9)22-16-14-15(20-8-27(14)3)23-17(24-16)21-10(2)12-5-4-11(18)7-19-12/h4-8,10H,1-3H3,(H3,21,22,23,24,25,26)/t10-/m0/s1. The Balaban J connectivity index is 1.67. The molecule has 9 nitrogen and oxygen atoms in total. The Labute approximate surface area is 154 Å². The normalized spacial score (nSPS) is 12.3. The molecule has 0 aliphatic heterocycles. The van der Waals surface area contributed by atoms with Crippen LogP contribution in [0.4, 0.5) is 22.0 Å². The smallest absolute Gasteiger partial charge is 0.227 e. The minimum Gasteiger partial charge on any atom is -0.346 e. The van der Waals surface area contributed by atoms with E-state index in [0.717, 1.165) is 11.2 Å². The summed E-state index contributed by atoms with van der Waals surface area (Å²) in [5.74, 6) is 1.23. The molecule has 0 spiro atoms. The van der Waals surface area contributed by atoms with Crippen LogP contribution in [0, 0.1) is 12.7 Å². The van der Waals surface area contributed by atoms with Crippen molar-refractivity contribution in [1.29, 1.82) is 0 Å². The third-order valence-corrected chi connectivity index (χ3v) is 4.06. The molecular weight excluding hydrogens is 349 g/mol. The highest BCUT2D eigenvalue weighted by Crippen LogP contribution is 2.25. The highest BCUT2D eigenvalue weighted by atomic mass is 19.1. The predicted octanol–water partition coefficient (Wildman–Crippen LogP) is 2.85. The van der Waals surface area contributed by atoms with Crippen LogP contribution in [-0.4, -0.2) is 34.7 Å². The molecule has 10 heteroatoms. The first-order valence-electron chi connectivity index (χ1n) is 8.35. The molecule has 1 atom stereocenters. The molecular formula is C17H18FN9. The minimum atomic E-state index is -0.377. The summed E-state index contributed by atoms with van der Waals surface area (Å²) in [5.41, 5.74) is 2.92. The Kier molecular flexibility index (Phi) is 4.15. The van der Waals surface area contributed by atoms with Crippen molar-refractivity contribution in [2.75, 3.05) is 10.6 Å². The van der Waals surface area contributed by atoms with Gasteiger partial charge in [-0.25, -0.2) is 9.37 Å². The van der Waals surface area contributed by atoms with Crippen molar-refractivity contribution in [2.45, 2.75) is 19.9 Å². The molecule has 0 aliphatic rings. The fourth-order valence-corrected chi connectivity index (χ4v) is 2.72. The Morgan fingerprint density at radius 2 is 2.07 bits per heavy atom. The van der Waals surface area contributed by atoms with E-state index in [1.807, 2.05) is 31.5 Å². The number of fused-ring (bicyclic) bond motifs is 1. The van der Waals surface area contributed by atoms with Crippen molar-refractivity contribution in [1.82, 2.24) is 34.7 Å². The maximum absolute atomic E-state index is 13.1. The first-order valence-corrected chi connectivity index (χ1v) is 8.35. The lowest BCUT2D eigenvalue weighted by molar-refractivity contribution is 0.617. The van der Waals surface area contributed by atoms with Crippen molar-refractivity contribution in [2.24, 2.45) is 7.05 Å². The molecule has 4 heterocycles. The lowest BCUT2D eigenvalue weighted by Gasteiger charge is -2.14. The van der Waals surface area contributed by atoms with Crippen LogP contribution < -0.4 is 10.6 Å². The van der Waals surface area contributed by atoms with Crippen LogP contribution in [0.15, 0.2) is 30.7 Å². The van der Waals surface area contributed by atoms with E-state index in [2.05, 4.69) is 40.8 Å². The number of aryl methyl sites for hydroxylation is 2. The third-order valence-electron chi connectivity index (χ3n) is 4.06. The first kappa shape index (κ1) is 16.9. The van der Waals surface area contributed by atoms with Gasteiger partial charge in [0.15, 0.2) is 17.3 Å². The van der Waals surface area contributed by atoms with Gasteiger partial charge >= 0.3 is 0 Å². The van der Waals surface area contributed by atoms with Crippen LogP contribution in [0.1, 0.15) is 24.4 Å². The molecule has 0 saturated carbocycles. The van der Waals surface area contributed by atoms with Gasteiger partial charge in [0, 0.05) is 18.8 Å². The summed E-state index contributed by atoms with van der Waals surface area (Å²) in [6.07, 6.45) is 2.86. The summed E-state index contributed by atoms with van der Waals surface area (Å²) in [5, 5.41) is 13.5. The largest absolute Gasteiger partial charge is 0.346 e. The fourth-order valence-electron chi connectivity index (χ4n) is 2.72. The van der Waals surface area contributed by atoms with Gasteiger partial charge in [-0.1, -0.05) is 0 Å². The number of rotatable bonds is 5. The molecule has 0 radical (unpaired) electrons. The van der Waals surface area contributed by atoms with Gasteiger partial charge in [0.2, 0.25) is 5.95 Å². The molecule has 0 amide bonds. The molecule has 0 aromatic carbocycles.